The number of benzene rings is 2. The number of amides is 1. The van der Waals surface area contributed by atoms with Gasteiger partial charge in [0, 0.05) is 10.8 Å². The molecule has 4 rings (SSSR count). The molecule has 2 aromatic heterocycles. The van der Waals surface area contributed by atoms with E-state index in [1.165, 1.54) is 11.3 Å². The summed E-state index contributed by atoms with van der Waals surface area (Å²) in [4.78, 5) is 22.4. The Kier molecular flexibility index (Phi) is 6.46. The maximum absolute atomic E-state index is 12.2. The average molecular weight is 463 g/mol. The highest BCUT2D eigenvalue weighted by atomic mass is 32.1. The van der Waals surface area contributed by atoms with E-state index in [2.05, 4.69) is 22.2 Å². The van der Waals surface area contributed by atoms with Crippen LogP contribution in [0.2, 0.25) is 0 Å². The van der Waals surface area contributed by atoms with Crippen LogP contribution in [0.3, 0.4) is 0 Å². The summed E-state index contributed by atoms with van der Waals surface area (Å²) < 4.78 is 11.2. The van der Waals surface area contributed by atoms with Gasteiger partial charge in [-0.05, 0) is 48.4 Å². The van der Waals surface area contributed by atoms with Gasteiger partial charge in [-0.3, -0.25) is 4.79 Å². The van der Waals surface area contributed by atoms with Crippen LogP contribution >= 0.6 is 11.3 Å². The highest BCUT2D eigenvalue weighted by Gasteiger charge is 2.20. The summed E-state index contributed by atoms with van der Waals surface area (Å²) in [6.07, 6.45) is 0. The Morgan fingerprint density at radius 2 is 1.52 bits per heavy atom. The number of nitrogens with two attached hydrogens (primary N) is 1. The van der Waals surface area contributed by atoms with Crippen molar-refractivity contribution >= 4 is 33.4 Å². The molecule has 0 aliphatic carbocycles. The molecule has 3 N–H and O–H groups in total. The number of thiophene rings is 1. The Morgan fingerprint density at radius 3 is 2.06 bits per heavy atom. The molecule has 0 spiro atoms. The van der Waals surface area contributed by atoms with Crippen LogP contribution in [0.15, 0.2) is 54.6 Å². The third-order valence-electron chi connectivity index (χ3n) is 5.63. The van der Waals surface area contributed by atoms with Crippen molar-refractivity contribution in [1.82, 2.24) is 9.97 Å². The Hall–Kier alpha value is -3.65. The summed E-state index contributed by atoms with van der Waals surface area (Å²) in [6.45, 7) is 4.12. The van der Waals surface area contributed by atoms with Crippen molar-refractivity contribution in [3.05, 3.63) is 76.3 Å². The van der Waals surface area contributed by atoms with E-state index in [1.54, 1.807) is 14.2 Å². The number of hydrogen-bond donors (Lipinski definition) is 2. The first-order chi connectivity index (χ1) is 15.9. The monoisotopic (exact) mass is 462 g/mol. The molecule has 2 atom stereocenters. The number of aromatic nitrogens is 2. The molecular weight excluding hydrogens is 436 g/mol. The summed E-state index contributed by atoms with van der Waals surface area (Å²) in [6, 6.07) is 17.6. The van der Waals surface area contributed by atoms with Crippen LogP contribution in [-0.2, 0) is 0 Å². The van der Waals surface area contributed by atoms with Crippen LogP contribution < -0.4 is 20.5 Å². The lowest BCUT2D eigenvalue weighted by atomic mass is 9.99. The summed E-state index contributed by atoms with van der Waals surface area (Å²) in [5, 5.41) is 3.29. The van der Waals surface area contributed by atoms with Crippen molar-refractivity contribution in [2.45, 2.75) is 25.8 Å². The summed E-state index contributed by atoms with van der Waals surface area (Å²) in [5.41, 5.74) is 8.78. The predicted octanol–water partition coefficient (Wildman–Crippen LogP) is 5.13. The molecule has 33 heavy (non-hydrogen) atoms. The Morgan fingerprint density at radius 1 is 0.939 bits per heavy atom. The molecule has 1 amide bonds. The fraction of sp³-hybridized carbons (Fsp3) is 0.240. The van der Waals surface area contributed by atoms with Crippen LogP contribution in [-0.4, -0.2) is 30.1 Å². The molecule has 8 heteroatoms. The fourth-order valence-electron chi connectivity index (χ4n) is 3.62. The van der Waals surface area contributed by atoms with E-state index in [0.29, 0.717) is 16.2 Å². The van der Waals surface area contributed by atoms with Crippen LogP contribution in [0.25, 0.3) is 10.2 Å². The topological polar surface area (TPSA) is 99.4 Å². The number of rotatable bonds is 8. The van der Waals surface area contributed by atoms with Crippen molar-refractivity contribution in [1.29, 1.82) is 0 Å². The SMILES string of the molecule is COc1ccc([C@H](C)c2cc3nc(N[C@@H](C)c4ccc(OC)cc4)nc(C(N)=O)c3s2)cc1. The molecule has 0 bridgehead atoms. The maximum atomic E-state index is 12.2. The van der Waals surface area contributed by atoms with Gasteiger partial charge in [0.1, 0.15) is 11.5 Å². The van der Waals surface area contributed by atoms with Gasteiger partial charge in [-0.15, -0.1) is 11.3 Å². The molecule has 2 aromatic carbocycles. The van der Waals surface area contributed by atoms with E-state index in [1.807, 2.05) is 61.5 Å². The van der Waals surface area contributed by atoms with Crippen molar-refractivity contribution in [3.63, 3.8) is 0 Å². The number of methoxy groups -OCH3 is 2. The second-order valence-electron chi connectivity index (χ2n) is 7.76. The number of ether oxygens (including phenoxy) is 2. The molecule has 0 aliphatic heterocycles. The van der Waals surface area contributed by atoms with E-state index in [-0.39, 0.29) is 17.7 Å². The van der Waals surface area contributed by atoms with Crippen molar-refractivity contribution in [2.75, 3.05) is 19.5 Å². The highest BCUT2D eigenvalue weighted by Crippen LogP contribution is 2.36. The number of nitrogens with zero attached hydrogens (tertiary/aromatic N) is 2. The Balaban J connectivity index is 1.65. The molecule has 4 aromatic rings. The van der Waals surface area contributed by atoms with Crippen molar-refractivity contribution in [3.8, 4) is 11.5 Å². The molecule has 0 unspecified atom stereocenters. The molecular formula is C25H26N4O3S. The summed E-state index contributed by atoms with van der Waals surface area (Å²) in [7, 11) is 3.28. The van der Waals surface area contributed by atoms with Crippen LogP contribution in [0.5, 0.6) is 11.5 Å². The predicted molar refractivity (Wildman–Crippen MR) is 131 cm³/mol. The number of nitrogens with one attached hydrogen (secondary N) is 1. The molecule has 0 aliphatic rings. The fourth-order valence-corrected chi connectivity index (χ4v) is 4.79. The molecule has 0 saturated carbocycles. The van der Waals surface area contributed by atoms with E-state index >= 15 is 0 Å². The quantitative estimate of drug-likeness (QED) is 0.376. The molecule has 170 valence electrons. The van der Waals surface area contributed by atoms with Crippen molar-refractivity contribution < 1.29 is 14.3 Å². The van der Waals surface area contributed by atoms with Crippen LogP contribution in [0.4, 0.5) is 5.95 Å². The van der Waals surface area contributed by atoms with Gasteiger partial charge in [0.15, 0.2) is 5.69 Å². The zero-order chi connectivity index (χ0) is 23.5. The van der Waals surface area contributed by atoms with Crippen LogP contribution in [0.1, 0.15) is 52.3 Å². The zero-order valence-corrected chi connectivity index (χ0v) is 19.8. The first-order valence-corrected chi connectivity index (χ1v) is 11.4. The smallest absolute Gasteiger partial charge is 0.269 e. The number of hydrogen-bond acceptors (Lipinski definition) is 7. The lowest BCUT2D eigenvalue weighted by Gasteiger charge is -2.15. The third-order valence-corrected chi connectivity index (χ3v) is 6.94. The van der Waals surface area contributed by atoms with Crippen molar-refractivity contribution in [2.24, 2.45) is 5.73 Å². The normalized spacial score (nSPS) is 12.8. The minimum atomic E-state index is -0.576. The maximum Gasteiger partial charge on any atom is 0.269 e. The number of primary amides is 1. The minimum absolute atomic E-state index is 0.0783. The molecule has 7 nitrogen and oxygen atoms in total. The standard InChI is InChI=1S/C25H26N4O3S/c1-14(16-5-9-18(31-3)10-6-16)21-13-20-23(33-21)22(24(26)30)29-25(28-20)27-15(2)17-7-11-19(32-4)12-8-17/h5-15H,1-4H3,(H2,26,30)(H,27,28,29)/t14-,15-/m0/s1. The molecule has 0 radical (unpaired) electrons. The Labute approximate surface area is 196 Å². The minimum Gasteiger partial charge on any atom is -0.497 e. The van der Waals surface area contributed by atoms with Gasteiger partial charge in [-0.2, -0.15) is 0 Å². The number of carbonyl (C=O) groups is 1. The second kappa shape index (κ2) is 9.46. The number of carbonyl (C=O) groups excluding carboxylic acids is 1. The average Bonchev–Trinajstić information content (AvgIpc) is 3.27. The van der Waals surface area contributed by atoms with Gasteiger partial charge in [-0.1, -0.05) is 31.2 Å². The van der Waals surface area contributed by atoms with Gasteiger partial charge < -0.3 is 20.5 Å². The number of fused-ring (bicyclic) bond motifs is 1. The molecule has 0 fully saturated rings. The Bertz CT molecular complexity index is 1270. The first-order valence-electron chi connectivity index (χ1n) is 10.5. The van der Waals surface area contributed by atoms with Gasteiger partial charge in [0.25, 0.3) is 5.91 Å². The van der Waals surface area contributed by atoms with Crippen LogP contribution in [0, 0.1) is 0 Å². The van der Waals surface area contributed by atoms with Gasteiger partial charge in [-0.25, -0.2) is 9.97 Å². The summed E-state index contributed by atoms with van der Waals surface area (Å²) >= 11 is 1.49. The third kappa shape index (κ3) is 4.75. The van der Waals surface area contributed by atoms with E-state index in [4.69, 9.17) is 15.2 Å². The van der Waals surface area contributed by atoms with E-state index in [9.17, 15) is 4.79 Å². The highest BCUT2D eigenvalue weighted by molar-refractivity contribution is 7.19. The summed E-state index contributed by atoms with van der Waals surface area (Å²) in [5.74, 6) is 1.50. The second-order valence-corrected chi connectivity index (χ2v) is 8.84. The lowest BCUT2D eigenvalue weighted by molar-refractivity contribution is 0.0997. The zero-order valence-electron chi connectivity index (χ0n) is 19.0. The largest absolute Gasteiger partial charge is 0.497 e. The lowest BCUT2D eigenvalue weighted by Crippen LogP contribution is -2.16. The first kappa shape index (κ1) is 22.5. The van der Waals surface area contributed by atoms with Gasteiger partial charge in [0.2, 0.25) is 5.95 Å². The van der Waals surface area contributed by atoms with E-state index < -0.39 is 5.91 Å². The van der Waals surface area contributed by atoms with E-state index in [0.717, 1.165) is 27.5 Å². The molecule has 0 saturated heterocycles. The van der Waals surface area contributed by atoms with Gasteiger partial charge >= 0.3 is 0 Å². The molecule has 2 heterocycles. The number of anilines is 1. The van der Waals surface area contributed by atoms with Gasteiger partial charge in [0.05, 0.1) is 30.5 Å².